The normalized spacial score (nSPS) is 11.5. The van der Waals surface area contributed by atoms with E-state index < -0.39 is 10.0 Å². The maximum Gasteiger partial charge on any atom is 0.240 e. The summed E-state index contributed by atoms with van der Waals surface area (Å²) in [6.07, 6.45) is 1.53. The van der Waals surface area contributed by atoms with Crippen molar-refractivity contribution >= 4 is 21.6 Å². The average Bonchev–Trinajstić information content (AvgIpc) is 2.49. The van der Waals surface area contributed by atoms with Gasteiger partial charge in [0.2, 0.25) is 10.0 Å². The molecule has 1 aromatic carbocycles. The summed E-state index contributed by atoms with van der Waals surface area (Å²) in [6, 6.07) is 8.00. The number of hydrogen-bond donors (Lipinski definition) is 2. The highest BCUT2D eigenvalue weighted by Crippen LogP contribution is 2.20. The predicted molar refractivity (Wildman–Crippen MR) is 80.3 cm³/mol. The highest BCUT2D eigenvalue weighted by atomic mass is 35.5. The molecular weight excluding hydrogens is 312 g/mol. The molecule has 21 heavy (non-hydrogen) atoms. The first kappa shape index (κ1) is 15.8. The molecule has 2 N–H and O–H groups in total. The molecule has 1 aromatic heterocycles. The van der Waals surface area contributed by atoms with Gasteiger partial charge in [-0.3, -0.25) is 0 Å². The van der Waals surface area contributed by atoms with Gasteiger partial charge in [-0.05, 0) is 42.9 Å². The molecule has 0 bridgehead atoms. The van der Waals surface area contributed by atoms with E-state index in [1.54, 1.807) is 31.3 Å². The Morgan fingerprint density at radius 1 is 1.24 bits per heavy atom. The highest BCUT2D eigenvalue weighted by molar-refractivity contribution is 7.89. The second kappa shape index (κ2) is 6.95. The fourth-order valence-corrected chi connectivity index (χ4v) is 2.96. The van der Waals surface area contributed by atoms with Gasteiger partial charge in [-0.25, -0.2) is 13.1 Å². The largest absolute Gasteiger partial charge is 0.316 e. The first-order valence-corrected chi connectivity index (χ1v) is 8.08. The highest BCUT2D eigenvalue weighted by Gasteiger charge is 2.15. The summed E-state index contributed by atoms with van der Waals surface area (Å²) in [6.45, 7) is 0.576. The van der Waals surface area contributed by atoms with E-state index in [-0.39, 0.29) is 11.4 Å². The van der Waals surface area contributed by atoms with Gasteiger partial charge >= 0.3 is 0 Å². The Bertz CT molecular complexity index is 707. The minimum Gasteiger partial charge on any atom is -0.316 e. The van der Waals surface area contributed by atoms with Crippen LogP contribution >= 0.6 is 11.6 Å². The van der Waals surface area contributed by atoms with Gasteiger partial charge in [-0.15, -0.1) is 0 Å². The molecule has 112 valence electrons. The minimum atomic E-state index is -3.62. The van der Waals surface area contributed by atoms with Crippen molar-refractivity contribution in [1.82, 2.24) is 20.2 Å². The van der Waals surface area contributed by atoms with Crippen LogP contribution in [0.4, 0.5) is 0 Å². The molecule has 0 saturated carbocycles. The smallest absolute Gasteiger partial charge is 0.240 e. The van der Waals surface area contributed by atoms with E-state index in [0.29, 0.717) is 17.3 Å². The number of nitrogens with one attached hydrogen (secondary N) is 2. The van der Waals surface area contributed by atoms with E-state index in [1.165, 1.54) is 12.3 Å². The maximum atomic E-state index is 12.3. The Morgan fingerprint density at radius 3 is 2.71 bits per heavy atom. The van der Waals surface area contributed by atoms with E-state index in [1.807, 2.05) is 0 Å². The van der Waals surface area contributed by atoms with Gasteiger partial charge < -0.3 is 5.32 Å². The number of halogens is 1. The van der Waals surface area contributed by atoms with Gasteiger partial charge in [-0.1, -0.05) is 11.6 Å². The molecule has 1 heterocycles. The quantitative estimate of drug-likeness (QED) is 0.836. The van der Waals surface area contributed by atoms with Gasteiger partial charge in [-0.2, -0.15) is 10.2 Å². The first-order valence-electron chi connectivity index (χ1n) is 6.22. The zero-order valence-corrected chi connectivity index (χ0v) is 12.9. The van der Waals surface area contributed by atoms with Gasteiger partial charge in [0.1, 0.15) is 0 Å². The van der Waals surface area contributed by atoms with E-state index >= 15 is 0 Å². The van der Waals surface area contributed by atoms with Crippen LogP contribution in [-0.2, 0) is 23.1 Å². The minimum absolute atomic E-state index is 0.0835. The summed E-state index contributed by atoms with van der Waals surface area (Å²) in [5.74, 6) is 0. The van der Waals surface area contributed by atoms with Crippen LogP contribution in [0.3, 0.4) is 0 Å². The Balaban J connectivity index is 2.17. The molecule has 0 aliphatic carbocycles. The fourth-order valence-electron chi connectivity index (χ4n) is 1.72. The van der Waals surface area contributed by atoms with Crippen molar-refractivity contribution < 1.29 is 8.42 Å². The number of nitrogens with zero attached hydrogens (tertiary/aromatic N) is 2. The van der Waals surface area contributed by atoms with E-state index in [9.17, 15) is 8.42 Å². The second-order valence-electron chi connectivity index (χ2n) is 4.32. The second-order valence-corrected chi connectivity index (χ2v) is 6.50. The van der Waals surface area contributed by atoms with E-state index in [2.05, 4.69) is 20.2 Å². The predicted octanol–water partition coefficient (Wildman–Crippen LogP) is 1.33. The summed E-state index contributed by atoms with van der Waals surface area (Å²) < 4.78 is 27.0. The fraction of sp³-hybridized carbons (Fsp3) is 0.231. The molecule has 0 aliphatic heterocycles. The Hall–Kier alpha value is -1.54. The van der Waals surface area contributed by atoms with E-state index in [4.69, 9.17) is 11.6 Å². The molecule has 2 aromatic rings. The molecule has 0 fully saturated rings. The average molecular weight is 327 g/mol. The molecule has 0 saturated heterocycles. The Morgan fingerprint density at radius 2 is 2.05 bits per heavy atom. The molecule has 0 spiro atoms. The lowest BCUT2D eigenvalue weighted by Gasteiger charge is -2.09. The van der Waals surface area contributed by atoms with Gasteiger partial charge in [0, 0.05) is 17.8 Å². The van der Waals surface area contributed by atoms with Crippen LogP contribution < -0.4 is 10.0 Å². The van der Waals surface area contributed by atoms with Gasteiger partial charge in [0.25, 0.3) is 0 Å². The third-order valence-corrected chi connectivity index (χ3v) is 4.53. The molecule has 0 unspecified atom stereocenters. The van der Waals surface area contributed by atoms with Crippen molar-refractivity contribution in [2.75, 3.05) is 7.05 Å². The lowest BCUT2D eigenvalue weighted by molar-refractivity contribution is 0.579. The van der Waals surface area contributed by atoms with Crippen LogP contribution in [0.25, 0.3) is 0 Å². The standard InChI is InChI=1S/C13H15ClN4O2S/c1-15-8-10-7-12(4-5-13(10)14)21(19,20)17-9-11-3-2-6-16-18-11/h2-7,15,17H,8-9H2,1H3. The monoisotopic (exact) mass is 326 g/mol. The Kier molecular flexibility index (Phi) is 5.24. The van der Waals surface area contributed by atoms with Crippen LogP contribution in [0.2, 0.25) is 5.02 Å². The summed E-state index contributed by atoms with van der Waals surface area (Å²) in [5.41, 5.74) is 1.27. The number of sulfonamides is 1. The summed E-state index contributed by atoms with van der Waals surface area (Å²) in [4.78, 5) is 0.168. The van der Waals surface area contributed by atoms with Crippen LogP contribution in [0.1, 0.15) is 11.3 Å². The maximum absolute atomic E-state index is 12.3. The third kappa shape index (κ3) is 4.21. The summed E-state index contributed by atoms with van der Waals surface area (Å²) >= 11 is 6.02. The third-order valence-electron chi connectivity index (χ3n) is 2.77. The van der Waals surface area contributed by atoms with Crippen molar-refractivity contribution in [2.24, 2.45) is 0 Å². The Labute approximate surface area is 128 Å². The van der Waals surface area contributed by atoms with Crippen LogP contribution in [0.5, 0.6) is 0 Å². The molecule has 0 amide bonds. The van der Waals surface area contributed by atoms with Crippen LogP contribution in [0, 0.1) is 0 Å². The topological polar surface area (TPSA) is 84.0 Å². The lowest BCUT2D eigenvalue weighted by Crippen LogP contribution is -2.24. The number of aromatic nitrogens is 2. The zero-order valence-electron chi connectivity index (χ0n) is 11.4. The molecule has 0 atom stereocenters. The molecular formula is C13H15ClN4O2S. The van der Waals surface area contributed by atoms with Crippen LogP contribution in [-0.4, -0.2) is 25.7 Å². The van der Waals surface area contributed by atoms with Crippen molar-refractivity contribution in [3.63, 3.8) is 0 Å². The molecule has 8 heteroatoms. The first-order chi connectivity index (χ1) is 10.0. The van der Waals surface area contributed by atoms with Crippen molar-refractivity contribution in [1.29, 1.82) is 0 Å². The summed E-state index contributed by atoms with van der Waals surface area (Å²) in [7, 11) is -1.85. The van der Waals surface area contributed by atoms with Crippen LogP contribution in [0.15, 0.2) is 41.4 Å². The van der Waals surface area contributed by atoms with Crippen molar-refractivity contribution in [2.45, 2.75) is 18.0 Å². The SMILES string of the molecule is CNCc1cc(S(=O)(=O)NCc2cccnn2)ccc1Cl. The molecule has 0 aliphatic rings. The molecule has 0 radical (unpaired) electrons. The van der Waals surface area contributed by atoms with Gasteiger partial charge in [0.05, 0.1) is 17.1 Å². The number of rotatable bonds is 6. The van der Waals surface area contributed by atoms with Crippen molar-refractivity contribution in [3.8, 4) is 0 Å². The number of hydrogen-bond acceptors (Lipinski definition) is 5. The number of benzene rings is 1. The zero-order chi connectivity index (χ0) is 15.3. The summed E-state index contributed by atoms with van der Waals surface area (Å²) in [5, 5.41) is 11.0. The lowest BCUT2D eigenvalue weighted by atomic mass is 10.2. The van der Waals surface area contributed by atoms with Gasteiger partial charge in [0.15, 0.2) is 0 Å². The van der Waals surface area contributed by atoms with Crippen molar-refractivity contribution in [3.05, 3.63) is 52.8 Å². The molecule has 2 rings (SSSR count). The molecule has 6 nitrogen and oxygen atoms in total. The van der Waals surface area contributed by atoms with E-state index in [0.717, 1.165) is 5.56 Å².